The highest BCUT2D eigenvalue weighted by Crippen LogP contribution is 2.35. The number of para-hydroxylation sites is 1. The Hall–Kier alpha value is -2.96. The number of hydrogen-bond donors (Lipinski definition) is 1. The Balaban J connectivity index is 1.63. The molecule has 0 amide bonds. The van der Waals surface area contributed by atoms with E-state index in [1.807, 2.05) is 12.1 Å². The Bertz CT molecular complexity index is 821. The fourth-order valence-corrected chi connectivity index (χ4v) is 2.65. The predicted octanol–water partition coefficient (Wildman–Crippen LogP) is 2.74. The molecule has 0 aliphatic carbocycles. The van der Waals surface area contributed by atoms with Crippen LogP contribution < -0.4 is 10.1 Å². The maximum Gasteiger partial charge on any atom is 0.173 e. The Morgan fingerprint density at radius 1 is 1.26 bits per heavy atom. The molecule has 0 bridgehead atoms. The standard InChI is InChI=1S/C16H14FN5O/c17-12-4-1-3-11-13(5-8-23-16(11)12)20-14-9-18-10-15(21-14)22-7-2-6-19-22/h1-4,6-7,9-10,13H,5,8H2,(H,20,21)/t13-/m0/s1. The summed E-state index contributed by atoms with van der Waals surface area (Å²) in [7, 11) is 0. The highest BCUT2D eigenvalue weighted by molar-refractivity contribution is 5.45. The zero-order valence-corrected chi connectivity index (χ0v) is 12.2. The van der Waals surface area contributed by atoms with Crippen molar-refractivity contribution in [3.63, 3.8) is 0 Å². The number of halogens is 1. The van der Waals surface area contributed by atoms with E-state index in [1.165, 1.54) is 6.07 Å². The second kappa shape index (κ2) is 5.68. The predicted molar refractivity (Wildman–Crippen MR) is 82.0 cm³/mol. The minimum Gasteiger partial charge on any atom is -0.490 e. The van der Waals surface area contributed by atoms with E-state index in [9.17, 15) is 4.39 Å². The van der Waals surface area contributed by atoms with Gasteiger partial charge in [-0.15, -0.1) is 0 Å². The van der Waals surface area contributed by atoms with Gasteiger partial charge in [-0.2, -0.15) is 5.10 Å². The molecule has 0 fully saturated rings. The molecule has 1 N–H and O–H groups in total. The highest BCUT2D eigenvalue weighted by atomic mass is 19.1. The van der Waals surface area contributed by atoms with E-state index in [2.05, 4.69) is 20.4 Å². The molecule has 23 heavy (non-hydrogen) atoms. The van der Waals surface area contributed by atoms with Crippen molar-refractivity contribution >= 4 is 5.82 Å². The average Bonchev–Trinajstić information content (AvgIpc) is 3.11. The van der Waals surface area contributed by atoms with Gasteiger partial charge in [-0.3, -0.25) is 4.98 Å². The van der Waals surface area contributed by atoms with Crippen molar-refractivity contribution < 1.29 is 9.13 Å². The van der Waals surface area contributed by atoms with Crippen molar-refractivity contribution in [1.82, 2.24) is 19.7 Å². The first-order valence-corrected chi connectivity index (χ1v) is 7.31. The van der Waals surface area contributed by atoms with Gasteiger partial charge in [-0.1, -0.05) is 12.1 Å². The summed E-state index contributed by atoms with van der Waals surface area (Å²) in [4.78, 5) is 8.69. The number of rotatable bonds is 3. The van der Waals surface area contributed by atoms with Crippen LogP contribution >= 0.6 is 0 Å². The van der Waals surface area contributed by atoms with Crippen molar-refractivity contribution in [1.29, 1.82) is 0 Å². The van der Waals surface area contributed by atoms with Crippen molar-refractivity contribution in [3.8, 4) is 11.6 Å². The van der Waals surface area contributed by atoms with Crippen LogP contribution in [0.5, 0.6) is 5.75 Å². The lowest BCUT2D eigenvalue weighted by Crippen LogP contribution is -2.21. The third kappa shape index (κ3) is 2.61. The number of ether oxygens (including phenoxy) is 1. The van der Waals surface area contributed by atoms with Crippen molar-refractivity contribution in [2.24, 2.45) is 0 Å². The molecule has 0 unspecified atom stereocenters. The number of hydrogen-bond acceptors (Lipinski definition) is 5. The lowest BCUT2D eigenvalue weighted by Gasteiger charge is -2.27. The van der Waals surface area contributed by atoms with Crippen LogP contribution in [-0.4, -0.2) is 26.4 Å². The monoisotopic (exact) mass is 311 g/mol. The number of nitrogens with zero attached hydrogens (tertiary/aromatic N) is 4. The SMILES string of the molecule is Fc1cccc2c1OCC[C@@H]2Nc1cncc(-n2cccn2)n1. The summed E-state index contributed by atoms with van der Waals surface area (Å²) < 4.78 is 20.9. The Morgan fingerprint density at radius 2 is 2.22 bits per heavy atom. The van der Waals surface area contributed by atoms with E-state index in [0.717, 1.165) is 12.0 Å². The summed E-state index contributed by atoms with van der Waals surface area (Å²) >= 11 is 0. The molecule has 7 heteroatoms. The number of nitrogens with one attached hydrogen (secondary N) is 1. The van der Waals surface area contributed by atoms with Crippen molar-refractivity contribution in [2.75, 3.05) is 11.9 Å². The molecule has 4 rings (SSSR count). The van der Waals surface area contributed by atoms with Crippen LogP contribution in [0, 0.1) is 5.82 Å². The van der Waals surface area contributed by atoms with E-state index in [0.29, 0.717) is 24.0 Å². The van der Waals surface area contributed by atoms with E-state index < -0.39 is 0 Å². The number of fused-ring (bicyclic) bond motifs is 1. The largest absolute Gasteiger partial charge is 0.490 e. The molecule has 1 aliphatic heterocycles. The van der Waals surface area contributed by atoms with E-state index in [1.54, 1.807) is 35.5 Å². The van der Waals surface area contributed by atoms with Crippen molar-refractivity contribution in [2.45, 2.75) is 12.5 Å². The maximum atomic E-state index is 13.8. The quantitative estimate of drug-likeness (QED) is 0.805. The normalized spacial score (nSPS) is 16.5. The van der Waals surface area contributed by atoms with Gasteiger partial charge in [0.25, 0.3) is 0 Å². The molecular weight excluding hydrogens is 297 g/mol. The maximum absolute atomic E-state index is 13.8. The topological polar surface area (TPSA) is 64.9 Å². The van der Waals surface area contributed by atoms with Gasteiger partial charge in [0, 0.05) is 24.4 Å². The molecule has 3 heterocycles. The first-order chi connectivity index (χ1) is 11.3. The summed E-state index contributed by atoms with van der Waals surface area (Å²) in [5.41, 5.74) is 0.794. The van der Waals surface area contributed by atoms with Gasteiger partial charge < -0.3 is 10.1 Å². The molecule has 0 radical (unpaired) electrons. The van der Waals surface area contributed by atoms with Gasteiger partial charge in [0.1, 0.15) is 5.82 Å². The summed E-state index contributed by atoms with van der Waals surface area (Å²) in [5, 5.41) is 7.44. The number of aromatic nitrogens is 4. The third-order valence-electron chi connectivity index (χ3n) is 3.71. The second-order valence-corrected chi connectivity index (χ2v) is 5.21. The van der Waals surface area contributed by atoms with E-state index in [4.69, 9.17) is 4.74 Å². The minimum absolute atomic E-state index is 0.0726. The summed E-state index contributed by atoms with van der Waals surface area (Å²) in [5.74, 6) is 1.20. The van der Waals surface area contributed by atoms with Crippen LogP contribution in [0.15, 0.2) is 49.1 Å². The fourth-order valence-electron chi connectivity index (χ4n) is 2.65. The first kappa shape index (κ1) is 13.7. The molecule has 1 aromatic carbocycles. The number of anilines is 1. The Labute approximate surface area is 132 Å². The first-order valence-electron chi connectivity index (χ1n) is 7.31. The molecule has 0 spiro atoms. The molecule has 1 atom stereocenters. The van der Waals surface area contributed by atoms with Crippen LogP contribution in [0.1, 0.15) is 18.0 Å². The second-order valence-electron chi connectivity index (χ2n) is 5.21. The van der Waals surface area contributed by atoms with Gasteiger partial charge in [0.2, 0.25) is 0 Å². The smallest absolute Gasteiger partial charge is 0.173 e. The summed E-state index contributed by atoms with van der Waals surface area (Å²) in [6, 6.07) is 6.69. The summed E-state index contributed by atoms with van der Waals surface area (Å²) in [6.07, 6.45) is 7.48. The molecule has 6 nitrogen and oxygen atoms in total. The molecule has 2 aromatic heterocycles. The molecular formula is C16H14FN5O. The highest BCUT2D eigenvalue weighted by Gasteiger charge is 2.24. The average molecular weight is 311 g/mol. The molecule has 116 valence electrons. The van der Waals surface area contributed by atoms with Crippen LogP contribution in [-0.2, 0) is 0 Å². The van der Waals surface area contributed by atoms with Gasteiger partial charge in [0.05, 0.1) is 25.0 Å². The van der Waals surface area contributed by atoms with E-state index >= 15 is 0 Å². The van der Waals surface area contributed by atoms with Gasteiger partial charge in [-0.05, 0) is 12.1 Å². The summed E-state index contributed by atoms with van der Waals surface area (Å²) in [6.45, 7) is 0.456. The Kier molecular flexibility index (Phi) is 3.38. The lowest BCUT2D eigenvalue weighted by molar-refractivity contribution is 0.260. The van der Waals surface area contributed by atoms with Crippen LogP contribution in [0.25, 0.3) is 5.82 Å². The molecule has 1 aliphatic rings. The zero-order valence-electron chi connectivity index (χ0n) is 12.2. The zero-order chi connectivity index (χ0) is 15.6. The molecule has 0 saturated carbocycles. The fraction of sp³-hybridized carbons (Fsp3) is 0.188. The van der Waals surface area contributed by atoms with Gasteiger partial charge in [-0.25, -0.2) is 14.1 Å². The van der Waals surface area contributed by atoms with Gasteiger partial charge in [0.15, 0.2) is 17.4 Å². The van der Waals surface area contributed by atoms with Crippen LogP contribution in [0.2, 0.25) is 0 Å². The molecule has 3 aromatic rings. The van der Waals surface area contributed by atoms with Crippen LogP contribution in [0.4, 0.5) is 10.2 Å². The lowest BCUT2D eigenvalue weighted by atomic mass is 10.0. The van der Waals surface area contributed by atoms with Crippen LogP contribution in [0.3, 0.4) is 0 Å². The third-order valence-corrected chi connectivity index (χ3v) is 3.71. The van der Waals surface area contributed by atoms with E-state index in [-0.39, 0.29) is 11.9 Å². The molecule has 0 saturated heterocycles. The Morgan fingerprint density at radius 3 is 3.09 bits per heavy atom. The van der Waals surface area contributed by atoms with Gasteiger partial charge >= 0.3 is 0 Å². The van der Waals surface area contributed by atoms with Crippen molar-refractivity contribution in [3.05, 3.63) is 60.4 Å². The number of benzene rings is 1. The minimum atomic E-state index is -0.342.